The van der Waals surface area contributed by atoms with Crippen LogP contribution in [-0.4, -0.2) is 19.3 Å². The van der Waals surface area contributed by atoms with Crippen LogP contribution in [0.15, 0.2) is 23.1 Å². The maximum Gasteiger partial charge on any atom is 0.150 e. The molecule has 0 aliphatic heterocycles. The molecule has 0 radical (unpaired) electrons. The van der Waals surface area contributed by atoms with Gasteiger partial charge < -0.3 is 10.3 Å². The molecule has 1 rings (SSSR count). The molecule has 1 aromatic carbocycles. The van der Waals surface area contributed by atoms with Gasteiger partial charge in [-0.05, 0) is 12.1 Å². The van der Waals surface area contributed by atoms with Crippen LogP contribution in [0.4, 0.5) is 5.69 Å². The molecule has 5 nitrogen and oxygen atoms in total. The van der Waals surface area contributed by atoms with Crippen LogP contribution in [0, 0.1) is 0 Å². The van der Waals surface area contributed by atoms with E-state index in [1.54, 1.807) is 0 Å². The van der Waals surface area contributed by atoms with Crippen molar-refractivity contribution in [3.05, 3.63) is 23.8 Å². The summed E-state index contributed by atoms with van der Waals surface area (Å²) in [5, 5.41) is 0. The minimum atomic E-state index is -4.55. The Morgan fingerprint density at radius 1 is 1.38 bits per heavy atom. The summed E-state index contributed by atoms with van der Waals surface area (Å²) in [5.41, 5.74) is 5.26. The van der Waals surface area contributed by atoms with E-state index in [0.29, 0.717) is 6.29 Å². The average Bonchev–Trinajstić information content (AvgIpc) is 2.01. The third kappa shape index (κ3) is 2.04. The number of benzene rings is 1. The minimum absolute atomic E-state index is 0.209. The summed E-state index contributed by atoms with van der Waals surface area (Å²) < 4.78 is 31.6. The summed E-state index contributed by atoms with van der Waals surface area (Å²) in [4.78, 5) is 9.73. The molecule has 0 saturated carbocycles. The first kappa shape index (κ1) is 9.69. The molecule has 0 saturated heterocycles. The number of rotatable bonds is 2. The van der Waals surface area contributed by atoms with E-state index in [9.17, 15) is 17.8 Å². The molecule has 0 amide bonds. The van der Waals surface area contributed by atoms with Crippen molar-refractivity contribution in [1.29, 1.82) is 0 Å². The van der Waals surface area contributed by atoms with E-state index in [1.807, 2.05) is 0 Å². The number of aldehydes is 1. The first-order chi connectivity index (χ1) is 5.95. The lowest BCUT2D eigenvalue weighted by Crippen LogP contribution is -2.03. The molecule has 0 spiro atoms. The molecule has 0 fully saturated rings. The first-order valence-electron chi connectivity index (χ1n) is 3.26. The fourth-order valence-corrected chi connectivity index (χ4v) is 1.45. The Labute approximate surface area is 74.9 Å². The Bertz CT molecular complexity index is 438. The van der Waals surface area contributed by atoms with Crippen molar-refractivity contribution in [2.24, 2.45) is 0 Å². The molecule has 2 N–H and O–H groups in total. The smallest absolute Gasteiger partial charge is 0.150 e. The number of nitrogens with two attached hydrogens (primary N) is 1. The molecule has 0 aromatic heterocycles. The van der Waals surface area contributed by atoms with Crippen molar-refractivity contribution in [3.8, 4) is 0 Å². The van der Waals surface area contributed by atoms with Gasteiger partial charge in [0.15, 0.2) is 0 Å². The van der Waals surface area contributed by atoms with E-state index in [0.717, 1.165) is 12.1 Å². The largest absolute Gasteiger partial charge is 0.744 e. The highest BCUT2D eigenvalue weighted by Crippen LogP contribution is 2.18. The number of anilines is 1. The second-order valence-electron chi connectivity index (χ2n) is 2.37. The normalized spacial score (nSPS) is 11.2. The fraction of sp³-hybridized carbons (Fsp3) is 0. The summed E-state index contributed by atoms with van der Waals surface area (Å²) in [6.45, 7) is 0. The third-order valence-corrected chi connectivity index (χ3v) is 2.35. The number of carbonyl (C=O) groups excluding carboxylic acids is 1. The summed E-state index contributed by atoms with van der Waals surface area (Å²) in [5.74, 6) is 0. The Balaban J connectivity index is 3.37. The van der Waals surface area contributed by atoms with Gasteiger partial charge in [0.25, 0.3) is 0 Å². The second-order valence-corrected chi connectivity index (χ2v) is 3.72. The summed E-state index contributed by atoms with van der Waals surface area (Å²) in [7, 11) is -4.55. The lowest BCUT2D eigenvalue weighted by atomic mass is 10.2. The molecule has 13 heavy (non-hydrogen) atoms. The minimum Gasteiger partial charge on any atom is -0.744 e. The van der Waals surface area contributed by atoms with Gasteiger partial charge in [0.2, 0.25) is 0 Å². The first-order valence-corrected chi connectivity index (χ1v) is 4.66. The van der Waals surface area contributed by atoms with Crippen LogP contribution in [0.25, 0.3) is 0 Å². The predicted molar refractivity (Wildman–Crippen MR) is 44.2 cm³/mol. The average molecular weight is 200 g/mol. The Hall–Kier alpha value is -1.40. The van der Waals surface area contributed by atoms with E-state index in [-0.39, 0.29) is 11.3 Å². The molecular weight excluding hydrogens is 194 g/mol. The van der Waals surface area contributed by atoms with Crippen LogP contribution in [0.1, 0.15) is 10.4 Å². The molecule has 0 aliphatic carbocycles. The van der Waals surface area contributed by atoms with Crippen molar-refractivity contribution < 1.29 is 17.8 Å². The van der Waals surface area contributed by atoms with Crippen molar-refractivity contribution in [2.45, 2.75) is 4.90 Å². The van der Waals surface area contributed by atoms with Gasteiger partial charge in [0.1, 0.15) is 16.4 Å². The summed E-state index contributed by atoms with van der Waals surface area (Å²) in [6, 6.07) is 3.37. The number of hydrogen-bond donors (Lipinski definition) is 1. The van der Waals surface area contributed by atoms with Crippen LogP contribution < -0.4 is 5.73 Å². The zero-order valence-electron chi connectivity index (χ0n) is 6.43. The quantitative estimate of drug-likeness (QED) is 0.411. The fourth-order valence-electron chi connectivity index (χ4n) is 0.868. The summed E-state index contributed by atoms with van der Waals surface area (Å²) in [6.07, 6.45) is 0.511. The topological polar surface area (TPSA) is 100 Å². The van der Waals surface area contributed by atoms with Gasteiger partial charge in [-0.25, -0.2) is 8.42 Å². The van der Waals surface area contributed by atoms with E-state index >= 15 is 0 Å². The number of hydrogen-bond acceptors (Lipinski definition) is 5. The van der Waals surface area contributed by atoms with Gasteiger partial charge in [0.05, 0.1) is 4.90 Å². The standard InChI is InChI=1S/C7H7NO4S/c8-6-3-5(4-9)1-2-7(6)13(10,11)12/h1-4H,8H2,(H,10,11,12)/p-1. The van der Waals surface area contributed by atoms with Gasteiger partial charge in [-0.3, -0.25) is 4.79 Å². The van der Waals surface area contributed by atoms with Gasteiger partial charge in [-0.1, -0.05) is 6.07 Å². The zero-order valence-corrected chi connectivity index (χ0v) is 7.24. The second kappa shape index (κ2) is 3.15. The highest BCUT2D eigenvalue weighted by Gasteiger charge is 2.06. The van der Waals surface area contributed by atoms with Crippen molar-refractivity contribution >= 4 is 22.1 Å². The number of nitrogen functional groups attached to an aromatic ring is 1. The van der Waals surface area contributed by atoms with E-state index in [4.69, 9.17) is 5.73 Å². The zero-order chi connectivity index (χ0) is 10.1. The Kier molecular flexibility index (Phi) is 2.35. The lowest BCUT2D eigenvalue weighted by molar-refractivity contribution is 0.112. The molecular formula is C7H6NO4S-. The van der Waals surface area contributed by atoms with Gasteiger partial charge >= 0.3 is 0 Å². The maximum absolute atomic E-state index is 10.5. The SMILES string of the molecule is Nc1cc(C=O)ccc1S(=O)(=O)[O-]. The van der Waals surface area contributed by atoms with Crippen LogP contribution in [0.3, 0.4) is 0 Å². The highest BCUT2D eigenvalue weighted by atomic mass is 32.2. The van der Waals surface area contributed by atoms with E-state index in [1.165, 1.54) is 6.07 Å². The molecule has 0 atom stereocenters. The number of carbonyl (C=O) groups is 1. The Morgan fingerprint density at radius 2 is 2.00 bits per heavy atom. The molecule has 0 aliphatic rings. The Morgan fingerprint density at radius 3 is 2.38 bits per heavy atom. The van der Waals surface area contributed by atoms with Gasteiger partial charge in [0, 0.05) is 11.3 Å². The van der Waals surface area contributed by atoms with Crippen molar-refractivity contribution in [1.82, 2.24) is 0 Å². The molecule has 0 heterocycles. The summed E-state index contributed by atoms with van der Waals surface area (Å²) >= 11 is 0. The van der Waals surface area contributed by atoms with Crippen LogP contribution in [0.5, 0.6) is 0 Å². The molecule has 70 valence electrons. The van der Waals surface area contributed by atoms with Crippen LogP contribution >= 0.6 is 0 Å². The van der Waals surface area contributed by atoms with Crippen molar-refractivity contribution in [2.75, 3.05) is 5.73 Å². The van der Waals surface area contributed by atoms with Crippen molar-refractivity contribution in [3.63, 3.8) is 0 Å². The van der Waals surface area contributed by atoms with E-state index < -0.39 is 15.0 Å². The maximum atomic E-state index is 10.5. The van der Waals surface area contributed by atoms with Gasteiger partial charge in [-0.15, -0.1) is 0 Å². The van der Waals surface area contributed by atoms with E-state index in [2.05, 4.69) is 0 Å². The molecule has 0 bridgehead atoms. The van der Waals surface area contributed by atoms with Gasteiger partial charge in [-0.2, -0.15) is 0 Å². The monoisotopic (exact) mass is 200 g/mol. The third-order valence-electron chi connectivity index (χ3n) is 1.44. The van der Waals surface area contributed by atoms with Crippen LogP contribution in [0.2, 0.25) is 0 Å². The highest BCUT2D eigenvalue weighted by molar-refractivity contribution is 7.86. The van der Waals surface area contributed by atoms with Crippen LogP contribution in [-0.2, 0) is 10.1 Å². The molecule has 1 aromatic rings. The lowest BCUT2D eigenvalue weighted by Gasteiger charge is -2.09. The molecule has 0 unspecified atom stereocenters. The molecule has 6 heteroatoms. The predicted octanol–water partition coefficient (Wildman–Crippen LogP) is -0.0146.